The number of benzene rings is 1. The fourth-order valence-electron chi connectivity index (χ4n) is 1.36. The predicted molar refractivity (Wildman–Crippen MR) is 65.5 cm³/mol. The molecule has 0 aliphatic carbocycles. The zero-order valence-corrected chi connectivity index (χ0v) is 11.6. The van der Waals surface area contributed by atoms with Crippen molar-refractivity contribution in [3.05, 3.63) is 35.4 Å². The number of sulfonamides is 1. The molecule has 0 saturated heterocycles. The van der Waals surface area contributed by atoms with Crippen molar-refractivity contribution >= 4 is 16.0 Å². The number of hydrogen-bond acceptors (Lipinski definition) is 5. The molecule has 0 amide bonds. The van der Waals surface area contributed by atoms with Crippen LogP contribution < -0.4 is 4.89 Å². The molecular formula is C11H12F3NO5S. The first-order valence-corrected chi connectivity index (χ1v) is 7.13. The Balaban J connectivity index is 2.69. The first-order valence-electron chi connectivity index (χ1n) is 5.48. The van der Waals surface area contributed by atoms with Gasteiger partial charge in [-0.1, -0.05) is 17.0 Å². The molecule has 0 aromatic heterocycles. The Morgan fingerprint density at radius 2 is 2.00 bits per heavy atom. The number of halogens is 3. The summed E-state index contributed by atoms with van der Waals surface area (Å²) in [5.74, 6) is -1.30. The standard InChI is InChI=1S/C11H12F3NO5S/c1-19-10(16)9-4-2-3-8(5-9)6-21(17,18)15-20-7-11(12,13)14/h2-5,15H,6-7H2,1H3. The van der Waals surface area contributed by atoms with Crippen LogP contribution >= 0.6 is 0 Å². The third-order valence-electron chi connectivity index (χ3n) is 2.13. The Morgan fingerprint density at radius 3 is 2.57 bits per heavy atom. The van der Waals surface area contributed by atoms with Gasteiger partial charge in [0.25, 0.3) is 0 Å². The van der Waals surface area contributed by atoms with E-state index in [4.69, 9.17) is 0 Å². The molecular weight excluding hydrogens is 315 g/mol. The maximum atomic E-state index is 11.8. The van der Waals surface area contributed by atoms with Crippen LogP contribution in [0.4, 0.5) is 13.2 Å². The lowest BCUT2D eigenvalue weighted by atomic mass is 10.1. The number of carbonyl (C=O) groups excluding carboxylic acids is 1. The lowest BCUT2D eigenvalue weighted by molar-refractivity contribution is -0.181. The molecule has 0 fully saturated rings. The van der Waals surface area contributed by atoms with Crippen LogP contribution in [-0.2, 0) is 25.4 Å². The smallest absolute Gasteiger partial charge is 0.413 e. The molecule has 118 valence electrons. The number of methoxy groups -OCH3 is 1. The van der Waals surface area contributed by atoms with E-state index in [2.05, 4.69) is 9.57 Å². The van der Waals surface area contributed by atoms with Gasteiger partial charge in [-0.2, -0.15) is 13.2 Å². The van der Waals surface area contributed by atoms with Crippen molar-refractivity contribution in [2.45, 2.75) is 11.9 Å². The first-order chi connectivity index (χ1) is 9.63. The summed E-state index contributed by atoms with van der Waals surface area (Å²) in [7, 11) is -2.97. The summed E-state index contributed by atoms with van der Waals surface area (Å²) in [5, 5.41) is 0. The molecule has 0 unspecified atom stereocenters. The molecule has 1 aromatic carbocycles. The van der Waals surface area contributed by atoms with Gasteiger partial charge in [0.2, 0.25) is 10.0 Å². The number of rotatable bonds is 6. The van der Waals surface area contributed by atoms with E-state index in [1.807, 2.05) is 0 Å². The molecule has 0 bridgehead atoms. The summed E-state index contributed by atoms with van der Waals surface area (Å²) >= 11 is 0. The van der Waals surface area contributed by atoms with Crippen molar-refractivity contribution in [2.24, 2.45) is 0 Å². The van der Waals surface area contributed by atoms with Crippen molar-refractivity contribution in [1.82, 2.24) is 4.89 Å². The third-order valence-corrected chi connectivity index (χ3v) is 3.21. The van der Waals surface area contributed by atoms with Gasteiger partial charge in [-0.05, 0) is 17.7 Å². The Hall–Kier alpha value is -1.65. The van der Waals surface area contributed by atoms with Crippen LogP contribution in [0, 0.1) is 0 Å². The number of carbonyl (C=O) groups is 1. The van der Waals surface area contributed by atoms with E-state index in [1.165, 1.54) is 29.2 Å². The van der Waals surface area contributed by atoms with Gasteiger partial charge in [0.1, 0.15) is 0 Å². The molecule has 1 aromatic rings. The van der Waals surface area contributed by atoms with E-state index in [9.17, 15) is 26.4 Å². The van der Waals surface area contributed by atoms with Crippen molar-refractivity contribution in [2.75, 3.05) is 13.7 Å². The van der Waals surface area contributed by atoms with Crippen LogP contribution in [0.3, 0.4) is 0 Å². The average Bonchev–Trinajstić information content (AvgIpc) is 2.35. The van der Waals surface area contributed by atoms with Crippen LogP contribution in [0.25, 0.3) is 0 Å². The SMILES string of the molecule is COC(=O)c1cccc(CS(=O)(=O)NOCC(F)(F)F)c1. The molecule has 6 nitrogen and oxygen atoms in total. The maximum absolute atomic E-state index is 11.8. The van der Waals surface area contributed by atoms with Crippen molar-refractivity contribution < 1.29 is 36.0 Å². The van der Waals surface area contributed by atoms with Gasteiger partial charge in [0.05, 0.1) is 18.4 Å². The largest absolute Gasteiger partial charge is 0.465 e. The summed E-state index contributed by atoms with van der Waals surface area (Å²) in [5.41, 5.74) is 0.322. The fourth-order valence-corrected chi connectivity index (χ4v) is 2.27. The zero-order chi connectivity index (χ0) is 16.1. The molecule has 0 aliphatic rings. The Labute approximate surface area is 118 Å². The molecule has 0 atom stereocenters. The third kappa shape index (κ3) is 6.56. The first kappa shape index (κ1) is 17.4. The highest BCUT2D eigenvalue weighted by Crippen LogP contribution is 2.14. The normalized spacial score (nSPS) is 12.2. The highest BCUT2D eigenvalue weighted by Gasteiger charge is 2.28. The van der Waals surface area contributed by atoms with E-state index in [-0.39, 0.29) is 11.1 Å². The van der Waals surface area contributed by atoms with Crippen LogP contribution in [0.1, 0.15) is 15.9 Å². The highest BCUT2D eigenvalue weighted by molar-refractivity contribution is 7.88. The predicted octanol–water partition coefficient (Wildman–Crippen LogP) is 1.39. The summed E-state index contributed by atoms with van der Waals surface area (Å²) in [6, 6.07) is 5.49. The van der Waals surface area contributed by atoms with Gasteiger partial charge in [-0.25, -0.2) is 13.2 Å². The number of ether oxygens (including phenoxy) is 1. The van der Waals surface area contributed by atoms with Gasteiger partial charge in [-0.15, -0.1) is 0 Å². The molecule has 21 heavy (non-hydrogen) atoms. The van der Waals surface area contributed by atoms with Crippen LogP contribution in [0.5, 0.6) is 0 Å². The van der Waals surface area contributed by atoms with Gasteiger partial charge < -0.3 is 4.74 Å². The topological polar surface area (TPSA) is 81.7 Å². The van der Waals surface area contributed by atoms with Gasteiger partial charge >= 0.3 is 12.1 Å². The summed E-state index contributed by atoms with van der Waals surface area (Å²) in [4.78, 5) is 16.5. The minimum atomic E-state index is -4.65. The van der Waals surface area contributed by atoms with E-state index in [0.29, 0.717) is 0 Å². The molecule has 0 saturated carbocycles. The number of alkyl halides is 3. The van der Waals surface area contributed by atoms with E-state index < -0.39 is 34.5 Å². The molecule has 0 aliphatic heterocycles. The van der Waals surface area contributed by atoms with E-state index >= 15 is 0 Å². The highest BCUT2D eigenvalue weighted by atomic mass is 32.2. The second kappa shape index (κ2) is 6.87. The van der Waals surface area contributed by atoms with Gasteiger partial charge in [-0.3, -0.25) is 4.84 Å². The Morgan fingerprint density at radius 1 is 1.33 bits per heavy atom. The zero-order valence-electron chi connectivity index (χ0n) is 10.8. The van der Waals surface area contributed by atoms with E-state index in [0.717, 1.165) is 7.11 Å². The molecule has 10 heteroatoms. The molecule has 0 spiro atoms. The minimum Gasteiger partial charge on any atom is -0.465 e. The Kier molecular flexibility index (Phi) is 5.70. The second-order valence-electron chi connectivity index (χ2n) is 3.94. The van der Waals surface area contributed by atoms with Crippen molar-refractivity contribution in [3.8, 4) is 0 Å². The average molecular weight is 327 g/mol. The quantitative estimate of drug-likeness (QED) is 0.631. The second-order valence-corrected chi connectivity index (χ2v) is 5.62. The number of nitrogens with one attached hydrogen (secondary N) is 1. The molecule has 1 N–H and O–H groups in total. The van der Waals surface area contributed by atoms with E-state index in [1.54, 1.807) is 0 Å². The molecule has 0 heterocycles. The molecule has 0 radical (unpaired) electrons. The number of hydrogen-bond donors (Lipinski definition) is 1. The fraction of sp³-hybridized carbons (Fsp3) is 0.364. The van der Waals surface area contributed by atoms with Crippen molar-refractivity contribution in [3.63, 3.8) is 0 Å². The number of esters is 1. The van der Waals surface area contributed by atoms with Crippen LogP contribution in [-0.4, -0.2) is 34.3 Å². The monoisotopic (exact) mass is 327 g/mol. The maximum Gasteiger partial charge on any atom is 0.413 e. The minimum absolute atomic E-state index is 0.126. The molecule has 1 rings (SSSR count). The summed E-state index contributed by atoms with van der Waals surface area (Å²) < 4.78 is 63.0. The van der Waals surface area contributed by atoms with Crippen molar-refractivity contribution in [1.29, 1.82) is 0 Å². The van der Waals surface area contributed by atoms with Gasteiger partial charge in [0, 0.05) is 0 Å². The lowest BCUT2D eigenvalue weighted by Crippen LogP contribution is -2.30. The van der Waals surface area contributed by atoms with Crippen LogP contribution in [0.2, 0.25) is 0 Å². The van der Waals surface area contributed by atoms with Gasteiger partial charge in [0.15, 0.2) is 6.61 Å². The summed E-state index contributed by atoms with van der Waals surface area (Å²) in [6.45, 7) is -1.74. The lowest BCUT2D eigenvalue weighted by Gasteiger charge is -2.09. The Bertz CT molecular complexity index is 600. The summed E-state index contributed by atoms with van der Waals surface area (Å²) in [6.07, 6.45) is -4.65. The van der Waals surface area contributed by atoms with Crippen LogP contribution in [0.15, 0.2) is 24.3 Å².